The van der Waals surface area contributed by atoms with Gasteiger partial charge >= 0.3 is 0 Å². The van der Waals surface area contributed by atoms with Crippen molar-refractivity contribution in [3.63, 3.8) is 0 Å². The van der Waals surface area contributed by atoms with Gasteiger partial charge in [-0.15, -0.1) is 0 Å². The first kappa shape index (κ1) is 15.0. The molecule has 0 bridgehead atoms. The second-order valence-corrected chi connectivity index (χ2v) is 6.47. The molecule has 0 aliphatic carbocycles. The number of hydrogen-bond donors (Lipinski definition) is 1. The van der Waals surface area contributed by atoms with Crippen molar-refractivity contribution in [3.8, 4) is 0 Å². The van der Waals surface area contributed by atoms with Crippen LogP contribution in [0.2, 0.25) is 0 Å². The Hall–Kier alpha value is -0.400. The summed E-state index contributed by atoms with van der Waals surface area (Å²) in [6.07, 6.45) is 2.95. The van der Waals surface area contributed by atoms with Crippen LogP contribution in [0.4, 0.5) is 0 Å². The van der Waals surface area contributed by atoms with Gasteiger partial charge in [-0.2, -0.15) is 5.10 Å². The van der Waals surface area contributed by atoms with Gasteiger partial charge in [-0.3, -0.25) is 4.68 Å². The Morgan fingerprint density at radius 1 is 1.37 bits per heavy atom. The van der Waals surface area contributed by atoms with Crippen LogP contribution in [0.3, 0.4) is 0 Å². The fourth-order valence-electron chi connectivity index (χ4n) is 2.17. The van der Waals surface area contributed by atoms with Crippen LogP contribution in [-0.4, -0.2) is 16.8 Å². The zero-order valence-electron chi connectivity index (χ0n) is 11.0. The molecule has 3 nitrogen and oxygen atoms in total. The minimum atomic E-state index is 0.153. The van der Waals surface area contributed by atoms with Crippen molar-refractivity contribution in [2.45, 2.75) is 25.9 Å². The predicted octanol–water partition coefficient (Wildman–Crippen LogP) is 3.97. The van der Waals surface area contributed by atoms with Gasteiger partial charge in [0.25, 0.3) is 0 Å². The summed E-state index contributed by atoms with van der Waals surface area (Å²) in [5.74, 6) is 0. The molecule has 0 saturated carbocycles. The lowest BCUT2D eigenvalue weighted by atomic mass is 10.0. The molecule has 1 aromatic heterocycles. The molecular formula is C14H17BrIN3. The van der Waals surface area contributed by atoms with E-state index in [1.165, 1.54) is 14.8 Å². The number of nitrogens with zero attached hydrogens (tertiary/aromatic N) is 2. The van der Waals surface area contributed by atoms with E-state index in [9.17, 15) is 0 Å². The number of benzene rings is 1. The molecule has 1 N–H and O–H groups in total. The van der Waals surface area contributed by atoms with E-state index in [0.717, 1.165) is 17.4 Å². The van der Waals surface area contributed by atoms with Crippen LogP contribution < -0.4 is 5.32 Å². The van der Waals surface area contributed by atoms with Crippen LogP contribution in [0.1, 0.15) is 30.6 Å². The lowest BCUT2D eigenvalue weighted by molar-refractivity contribution is 0.533. The molecule has 0 spiro atoms. The second kappa shape index (κ2) is 6.85. The second-order valence-electron chi connectivity index (χ2n) is 4.37. The average molecular weight is 434 g/mol. The first-order valence-corrected chi connectivity index (χ1v) is 8.18. The van der Waals surface area contributed by atoms with Crippen LogP contribution in [0.5, 0.6) is 0 Å². The highest BCUT2D eigenvalue weighted by Gasteiger charge is 2.20. The van der Waals surface area contributed by atoms with Gasteiger partial charge in [-0.1, -0.05) is 19.1 Å². The zero-order valence-corrected chi connectivity index (χ0v) is 14.8. The van der Waals surface area contributed by atoms with Gasteiger partial charge in [-0.05, 0) is 69.7 Å². The smallest absolute Gasteiger partial charge is 0.0757 e. The molecule has 5 heteroatoms. The molecule has 19 heavy (non-hydrogen) atoms. The highest BCUT2D eigenvalue weighted by atomic mass is 127. The molecule has 0 fully saturated rings. The third-order valence-corrected chi connectivity index (χ3v) is 4.36. The Labute approximate surface area is 136 Å². The number of aryl methyl sites for hydroxylation is 1. The van der Waals surface area contributed by atoms with Gasteiger partial charge in [0, 0.05) is 10.1 Å². The van der Waals surface area contributed by atoms with Gasteiger partial charge in [0.15, 0.2) is 0 Å². The largest absolute Gasteiger partial charge is 0.308 e. The van der Waals surface area contributed by atoms with Crippen molar-refractivity contribution >= 4 is 38.5 Å². The maximum absolute atomic E-state index is 4.45. The van der Waals surface area contributed by atoms with E-state index in [-0.39, 0.29) is 6.04 Å². The molecule has 1 atom stereocenters. The number of hydrogen-bond acceptors (Lipinski definition) is 2. The first-order valence-electron chi connectivity index (χ1n) is 6.31. The summed E-state index contributed by atoms with van der Waals surface area (Å²) in [6.45, 7) is 3.10. The SMILES string of the molecule is CCCn1ncc(Br)c1C(NC)c1ccc(I)cc1. The van der Waals surface area contributed by atoms with Crippen molar-refractivity contribution in [1.29, 1.82) is 0 Å². The topological polar surface area (TPSA) is 29.9 Å². The van der Waals surface area contributed by atoms with Crippen LogP contribution in [-0.2, 0) is 6.54 Å². The molecule has 0 saturated heterocycles. The van der Waals surface area contributed by atoms with Crippen molar-refractivity contribution < 1.29 is 0 Å². The quantitative estimate of drug-likeness (QED) is 0.723. The normalized spacial score (nSPS) is 12.6. The summed E-state index contributed by atoms with van der Waals surface area (Å²) in [4.78, 5) is 0. The molecule has 0 aliphatic heterocycles. The molecule has 1 unspecified atom stereocenters. The van der Waals surface area contributed by atoms with E-state index in [2.05, 4.69) is 84.8 Å². The zero-order chi connectivity index (χ0) is 13.8. The van der Waals surface area contributed by atoms with E-state index in [1.54, 1.807) is 0 Å². The van der Waals surface area contributed by atoms with E-state index in [1.807, 2.05) is 13.2 Å². The third kappa shape index (κ3) is 3.38. The lowest BCUT2D eigenvalue weighted by Crippen LogP contribution is -2.22. The van der Waals surface area contributed by atoms with E-state index in [4.69, 9.17) is 0 Å². The van der Waals surface area contributed by atoms with Gasteiger partial charge in [-0.25, -0.2) is 0 Å². The third-order valence-electron chi connectivity index (χ3n) is 3.03. The van der Waals surface area contributed by atoms with Gasteiger partial charge in [0.05, 0.1) is 22.4 Å². The van der Waals surface area contributed by atoms with Crippen LogP contribution in [0.25, 0.3) is 0 Å². The van der Waals surface area contributed by atoms with Crippen LogP contribution >= 0.6 is 38.5 Å². The number of aromatic nitrogens is 2. The Morgan fingerprint density at radius 3 is 2.63 bits per heavy atom. The number of nitrogens with one attached hydrogen (secondary N) is 1. The Bertz CT molecular complexity index is 536. The molecule has 1 aromatic carbocycles. The summed E-state index contributed by atoms with van der Waals surface area (Å²) < 4.78 is 4.37. The highest BCUT2D eigenvalue weighted by molar-refractivity contribution is 14.1. The molecule has 0 aliphatic rings. The molecule has 102 valence electrons. The first-order chi connectivity index (χ1) is 9.17. The molecule has 2 rings (SSSR count). The fraction of sp³-hybridized carbons (Fsp3) is 0.357. The summed E-state index contributed by atoms with van der Waals surface area (Å²) in [5.41, 5.74) is 2.44. The maximum Gasteiger partial charge on any atom is 0.0757 e. The Morgan fingerprint density at radius 2 is 2.05 bits per heavy atom. The summed E-state index contributed by atoms with van der Waals surface area (Å²) in [7, 11) is 1.98. The molecular weight excluding hydrogens is 417 g/mol. The minimum absolute atomic E-state index is 0.153. The van der Waals surface area contributed by atoms with Gasteiger partial charge in [0.1, 0.15) is 0 Å². The van der Waals surface area contributed by atoms with Crippen molar-refractivity contribution in [2.75, 3.05) is 7.05 Å². The number of rotatable bonds is 5. The highest BCUT2D eigenvalue weighted by Crippen LogP contribution is 2.28. The Kier molecular flexibility index (Phi) is 5.41. The number of halogens is 2. The Balaban J connectivity index is 2.41. The van der Waals surface area contributed by atoms with Crippen LogP contribution in [0, 0.1) is 3.57 Å². The van der Waals surface area contributed by atoms with Crippen molar-refractivity contribution in [1.82, 2.24) is 15.1 Å². The molecule has 0 amide bonds. The molecule has 0 radical (unpaired) electrons. The van der Waals surface area contributed by atoms with Gasteiger partial charge < -0.3 is 5.32 Å². The average Bonchev–Trinajstić information content (AvgIpc) is 2.76. The van der Waals surface area contributed by atoms with Gasteiger partial charge in [0.2, 0.25) is 0 Å². The maximum atomic E-state index is 4.45. The van der Waals surface area contributed by atoms with Crippen molar-refractivity contribution in [3.05, 3.63) is 49.8 Å². The lowest BCUT2D eigenvalue weighted by Gasteiger charge is -2.19. The van der Waals surface area contributed by atoms with E-state index >= 15 is 0 Å². The summed E-state index contributed by atoms with van der Waals surface area (Å²) in [6, 6.07) is 8.75. The molecule has 2 aromatic rings. The standard InChI is InChI=1S/C14H17BrIN3/c1-3-8-19-14(12(15)9-18-19)13(17-2)10-4-6-11(16)7-5-10/h4-7,9,13,17H,3,8H2,1-2H3. The summed E-state index contributed by atoms with van der Waals surface area (Å²) >= 11 is 5.94. The minimum Gasteiger partial charge on any atom is -0.308 e. The van der Waals surface area contributed by atoms with Crippen molar-refractivity contribution in [2.24, 2.45) is 0 Å². The monoisotopic (exact) mass is 433 g/mol. The predicted molar refractivity (Wildman–Crippen MR) is 90.3 cm³/mol. The van der Waals surface area contributed by atoms with Crippen LogP contribution in [0.15, 0.2) is 34.9 Å². The van der Waals surface area contributed by atoms with E-state index in [0.29, 0.717) is 0 Å². The summed E-state index contributed by atoms with van der Waals surface area (Å²) in [5, 5.41) is 7.83. The molecule has 1 heterocycles. The van der Waals surface area contributed by atoms with E-state index < -0.39 is 0 Å². The fourth-order valence-corrected chi connectivity index (χ4v) is 3.05.